The van der Waals surface area contributed by atoms with Crippen LogP contribution < -0.4 is 9.47 Å². The number of ether oxygens (including phenoxy) is 2. The fourth-order valence-electron chi connectivity index (χ4n) is 5.01. The first-order valence-corrected chi connectivity index (χ1v) is 9.59. The third kappa shape index (κ3) is 2.58. The van der Waals surface area contributed by atoms with Gasteiger partial charge >= 0.3 is 0 Å². The molecule has 4 rings (SSSR count). The molecule has 136 valence electrons. The van der Waals surface area contributed by atoms with Gasteiger partial charge in [0.2, 0.25) is 0 Å². The highest BCUT2D eigenvalue weighted by atomic mass is 16.5. The summed E-state index contributed by atoms with van der Waals surface area (Å²) in [6.45, 7) is 5.66. The summed E-state index contributed by atoms with van der Waals surface area (Å²) in [7, 11) is 4.10. The molecular weight excluding hydrogens is 314 g/mol. The number of aliphatic hydroxyl groups is 1. The van der Waals surface area contributed by atoms with Crippen molar-refractivity contribution in [2.45, 2.75) is 56.8 Å². The molecule has 25 heavy (non-hydrogen) atoms. The molecule has 1 spiro atoms. The lowest BCUT2D eigenvalue weighted by Crippen LogP contribution is -2.47. The summed E-state index contributed by atoms with van der Waals surface area (Å²) in [6.07, 6.45) is 8.02. The minimum absolute atomic E-state index is 0.00951. The Hall–Kier alpha value is -1.52. The van der Waals surface area contributed by atoms with Crippen LogP contribution in [0.25, 0.3) is 0 Å². The van der Waals surface area contributed by atoms with Crippen molar-refractivity contribution in [2.75, 3.05) is 27.2 Å². The molecule has 1 aliphatic carbocycles. The second kappa shape index (κ2) is 6.03. The van der Waals surface area contributed by atoms with Crippen LogP contribution in [-0.4, -0.2) is 49.0 Å². The number of rotatable bonds is 4. The van der Waals surface area contributed by atoms with Crippen molar-refractivity contribution in [3.05, 3.63) is 35.4 Å². The Morgan fingerprint density at radius 3 is 3.00 bits per heavy atom. The number of nitrogens with zero attached hydrogens (tertiary/aromatic N) is 1. The molecule has 1 aromatic carbocycles. The molecule has 0 bridgehead atoms. The van der Waals surface area contributed by atoms with E-state index in [0.717, 1.165) is 35.5 Å². The average molecular weight is 344 g/mol. The summed E-state index contributed by atoms with van der Waals surface area (Å²) in [6, 6.07) is 4.28. The van der Waals surface area contributed by atoms with Crippen LogP contribution in [0.3, 0.4) is 0 Å². The Bertz CT molecular complexity index is 701. The molecule has 2 aliphatic heterocycles. The predicted molar refractivity (Wildman–Crippen MR) is 98.0 cm³/mol. The molecule has 0 saturated heterocycles. The maximum Gasteiger partial charge on any atom is 0.166 e. The smallest absolute Gasteiger partial charge is 0.166 e. The van der Waals surface area contributed by atoms with Gasteiger partial charge < -0.3 is 19.1 Å². The first-order valence-electron chi connectivity index (χ1n) is 9.59. The SMILES string of the molecule is CCCC[N@@+]1(C)CC[C@@]23C=C[C@H](O)C[C@@H]2Oc2c(OC)ccc(c23)C1. The van der Waals surface area contributed by atoms with E-state index in [1.165, 1.54) is 30.5 Å². The zero-order chi connectivity index (χ0) is 17.7. The van der Waals surface area contributed by atoms with Crippen molar-refractivity contribution in [3.8, 4) is 11.5 Å². The zero-order valence-electron chi connectivity index (χ0n) is 15.6. The third-order valence-electron chi connectivity index (χ3n) is 6.47. The molecule has 0 radical (unpaired) electrons. The van der Waals surface area contributed by atoms with Crippen LogP contribution in [0.5, 0.6) is 11.5 Å². The second-order valence-corrected chi connectivity index (χ2v) is 8.27. The van der Waals surface area contributed by atoms with Gasteiger partial charge in [0.05, 0.1) is 38.8 Å². The lowest BCUT2D eigenvalue weighted by atomic mass is 9.69. The molecule has 0 amide bonds. The molecular formula is C21H30NO3+. The van der Waals surface area contributed by atoms with Gasteiger partial charge in [0, 0.05) is 24.0 Å². The van der Waals surface area contributed by atoms with Gasteiger partial charge in [-0.15, -0.1) is 0 Å². The van der Waals surface area contributed by atoms with Crippen molar-refractivity contribution >= 4 is 0 Å². The average Bonchev–Trinajstić information content (AvgIpc) is 2.87. The van der Waals surface area contributed by atoms with Gasteiger partial charge in [-0.2, -0.15) is 0 Å². The fourth-order valence-corrected chi connectivity index (χ4v) is 5.01. The third-order valence-corrected chi connectivity index (χ3v) is 6.47. The second-order valence-electron chi connectivity index (χ2n) is 8.27. The van der Waals surface area contributed by atoms with Crippen molar-refractivity contribution in [2.24, 2.45) is 0 Å². The molecule has 2 heterocycles. The molecule has 0 aromatic heterocycles. The Kier molecular flexibility index (Phi) is 4.08. The van der Waals surface area contributed by atoms with Gasteiger partial charge in [-0.25, -0.2) is 0 Å². The van der Waals surface area contributed by atoms with Gasteiger partial charge in [0.1, 0.15) is 12.6 Å². The van der Waals surface area contributed by atoms with E-state index in [4.69, 9.17) is 9.47 Å². The normalized spacial score (nSPS) is 35.5. The number of hydrogen-bond donors (Lipinski definition) is 1. The van der Waals surface area contributed by atoms with E-state index in [9.17, 15) is 5.11 Å². The molecule has 4 atom stereocenters. The molecule has 1 N–H and O–H groups in total. The number of hydrogen-bond acceptors (Lipinski definition) is 3. The maximum atomic E-state index is 10.1. The van der Waals surface area contributed by atoms with E-state index in [-0.39, 0.29) is 11.5 Å². The summed E-state index contributed by atoms with van der Waals surface area (Å²) in [5.41, 5.74) is 2.59. The van der Waals surface area contributed by atoms with Crippen molar-refractivity contribution < 1.29 is 19.1 Å². The first kappa shape index (κ1) is 16.9. The summed E-state index contributed by atoms with van der Waals surface area (Å²) in [5, 5.41) is 10.1. The van der Waals surface area contributed by atoms with Gasteiger partial charge in [-0.05, 0) is 18.6 Å². The minimum Gasteiger partial charge on any atom is -0.493 e. The van der Waals surface area contributed by atoms with Crippen LogP contribution >= 0.6 is 0 Å². The van der Waals surface area contributed by atoms with E-state index in [0.29, 0.717) is 6.42 Å². The highest BCUT2D eigenvalue weighted by Crippen LogP contribution is 2.56. The number of quaternary nitrogens is 1. The molecule has 0 fully saturated rings. The van der Waals surface area contributed by atoms with Crippen LogP contribution in [0.2, 0.25) is 0 Å². The van der Waals surface area contributed by atoms with Crippen LogP contribution in [0.15, 0.2) is 24.3 Å². The lowest BCUT2D eigenvalue weighted by Gasteiger charge is -2.37. The Morgan fingerprint density at radius 1 is 1.40 bits per heavy atom. The maximum absolute atomic E-state index is 10.1. The van der Waals surface area contributed by atoms with Crippen LogP contribution in [0, 0.1) is 0 Å². The van der Waals surface area contributed by atoms with Crippen molar-refractivity contribution in [1.82, 2.24) is 0 Å². The minimum atomic E-state index is -0.413. The van der Waals surface area contributed by atoms with Gasteiger partial charge in [-0.3, -0.25) is 0 Å². The largest absolute Gasteiger partial charge is 0.493 e. The number of aliphatic hydroxyl groups excluding tert-OH is 1. The highest BCUT2D eigenvalue weighted by molar-refractivity contribution is 5.60. The zero-order valence-corrected chi connectivity index (χ0v) is 15.6. The summed E-state index contributed by atoms with van der Waals surface area (Å²) in [5.74, 6) is 1.73. The molecule has 0 saturated carbocycles. The summed E-state index contributed by atoms with van der Waals surface area (Å²) < 4.78 is 13.1. The van der Waals surface area contributed by atoms with Crippen LogP contribution in [0.1, 0.15) is 43.7 Å². The highest BCUT2D eigenvalue weighted by Gasteiger charge is 2.54. The van der Waals surface area contributed by atoms with Gasteiger partial charge in [0.25, 0.3) is 0 Å². The van der Waals surface area contributed by atoms with E-state index >= 15 is 0 Å². The fraction of sp³-hybridized carbons (Fsp3) is 0.619. The molecule has 1 aromatic rings. The molecule has 4 nitrogen and oxygen atoms in total. The van der Waals surface area contributed by atoms with E-state index in [2.05, 4.69) is 32.2 Å². The standard InChI is InChI=1S/C21H30NO3/c1-4-5-11-22(2)12-10-21-9-8-16(23)13-18(21)25-20-17(24-3)7-6-15(14-22)19(20)21/h6-9,16,18,23H,4-5,10-14H2,1-3H3/q+1/t16-,18-,21-,22-/m0/s1. The van der Waals surface area contributed by atoms with E-state index < -0.39 is 6.10 Å². The number of methoxy groups -OCH3 is 1. The lowest BCUT2D eigenvalue weighted by molar-refractivity contribution is -0.922. The number of benzene rings is 1. The van der Waals surface area contributed by atoms with E-state index in [1.807, 2.05) is 6.08 Å². The summed E-state index contributed by atoms with van der Waals surface area (Å²) >= 11 is 0. The Morgan fingerprint density at radius 2 is 2.24 bits per heavy atom. The Labute approximate surface area is 150 Å². The summed E-state index contributed by atoms with van der Waals surface area (Å²) in [4.78, 5) is 0. The number of unbranched alkanes of at least 4 members (excludes halogenated alkanes) is 1. The van der Waals surface area contributed by atoms with E-state index in [1.54, 1.807) is 7.11 Å². The molecule has 4 heteroatoms. The topological polar surface area (TPSA) is 38.7 Å². The van der Waals surface area contributed by atoms with Crippen LogP contribution in [-0.2, 0) is 12.0 Å². The predicted octanol–water partition coefficient (Wildman–Crippen LogP) is 3.17. The molecule has 3 aliphatic rings. The Balaban J connectivity index is 1.84. The van der Waals surface area contributed by atoms with Gasteiger partial charge in [-0.1, -0.05) is 25.5 Å². The van der Waals surface area contributed by atoms with Gasteiger partial charge in [0.15, 0.2) is 11.5 Å². The van der Waals surface area contributed by atoms with Crippen molar-refractivity contribution in [3.63, 3.8) is 0 Å². The van der Waals surface area contributed by atoms with Crippen molar-refractivity contribution in [1.29, 1.82) is 0 Å². The quantitative estimate of drug-likeness (QED) is 0.673. The molecule has 0 unspecified atom stereocenters. The van der Waals surface area contributed by atoms with Crippen LogP contribution in [0.4, 0.5) is 0 Å². The monoisotopic (exact) mass is 344 g/mol. The first-order chi connectivity index (χ1) is 12.0.